The predicted molar refractivity (Wildman–Crippen MR) is 40.3 cm³/mol. The number of ketones is 1. The number of hydrogen-bond acceptors (Lipinski definition) is 1. The normalized spacial score (nSPS) is 33.4. The third-order valence-electron chi connectivity index (χ3n) is 2.18. The van der Waals surface area contributed by atoms with Gasteiger partial charge in [-0.25, -0.2) is 0 Å². The molecule has 0 bridgehead atoms. The fourth-order valence-corrected chi connectivity index (χ4v) is 1.30. The summed E-state index contributed by atoms with van der Waals surface area (Å²) in [6.45, 7) is 1.98. The quantitative estimate of drug-likeness (QED) is 0.462. The van der Waals surface area contributed by atoms with E-state index in [1.807, 2.05) is 6.92 Å². The van der Waals surface area contributed by atoms with Crippen LogP contribution in [0.5, 0.6) is 0 Å². The van der Waals surface area contributed by atoms with Gasteiger partial charge in [-0.15, -0.1) is 12.3 Å². The average Bonchev–Trinajstić information content (AvgIpc) is 1.95. The Balaban J connectivity index is 2.50. The van der Waals surface area contributed by atoms with Gasteiger partial charge in [0.05, 0.1) is 0 Å². The van der Waals surface area contributed by atoms with Gasteiger partial charge in [-0.1, -0.05) is 6.92 Å². The topological polar surface area (TPSA) is 17.1 Å². The maximum absolute atomic E-state index is 11.1. The van der Waals surface area contributed by atoms with Crippen molar-refractivity contribution in [2.24, 2.45) is 11.8 Å². The minimum atomic E-state index is 0.226. The Morgan fingerprint density at radius 2 is 2.30 bits per heavy atom. The summed E-state index contributed by atoms with van der Waals surface area (Å²) in [6, 6.07) is 0. The second kappa shape index (κ2) is 2.88. The zero-order valence-corrected chi connectivity index (χ0v) is 6.26. The molecular formula is C9H12O. The van der Waals surface area contributed by atoms with Crippen molar-refractivity contribution in [3.05, 3.63) is 0 Å². The molecule has 0 saturated heterocycles. The van der Waals surface area contributed by atoms with Gasteiger partial charge in [0.1, 0.15) is 5.78 Å². The SMILES string of the molecule is C#CC1CCC(C)C(=O)C1. The Kier molecular flexibility index (Phi) is 2.11. The lowest BCUT2D eigenvalue weighted by molar-refractivity contribution is -0.124. The molecule has 0 spiro atoms. The smallest absolute Gasteiger partial charge is 0.136 e. The van der Waals surface area contributed by atoms with Crippen LogP contribution in [0.2, 0.25) is 0 Å². The minimum absolute atomic E-state index is 0.226. The average molecular weight is 136 g/mol. The number of carbonyl (C=O) groups is 1. The largest absolute Gasteiger partial charge is 0.299 e. The lowest BCUT2D eigenvalue weighted by Crippen LogP contribution is -2.21. The predicted octanol–water partition coefficient (Wildman–Crippen LogP) is 1.62. The standard InChI is InChI=1S/C9H12O/c1-3-8-5-4-7(2)9(10)6-8/h1,7-8H,4-6H2,2H3. The van der Waals surface area contributed by atoms with Crippen molar-refractivity contribution in [3.8, 4) is 12.3 Å². The molecule has 1 rings (SSSR count). The van der Waals surface area contributed by atoms with Crippen LogP contribution in [0.4, 0.5) is 0 Å². The summed E-state index contributed by atoms with van der Waals surface area (Å²) in [4.78, 5) is 11.1. The Bertz CT molecular complexity index is 176. The van der Waals surface area contributed by atoms with E-state index in [1.54, 1.807) is 0 Å². The molecule has 54 valence electrons. The van der Waals surface area contributed by atoms with Gasteiger partial charge in [0, 0.05) is 18.3 Å². The number of carbonyl (C=O) groups excluding carboxylic acids is 1. The Hall–Kier alpha value is -0.770. The third kappa shape index (κ3) is 1.39. The molecule has 0 aromatic heterocycles. The fraction of sp³-hybridized carbons (Fsp3) is 0.667. The van der Waals surface area contributed by atoms with Gasteiger partial charge in [0.15, 0.2) is 0 Å². The summed E-state index contributed by atoms with van der Waals surface area (Å²) >= 11 is 0. The van der Waals surface area contributed by atoms with Crippen molar-refractivity contribution >= 4 is 5.78 Å². The minimum Gasteiger partial charge on any atom is -0.299 e. The molecule has 1 aliphatic rings. The summed E-state index contributed by atoms with van der Waals surface area (Å²) in [5.41, 5.74) is 0. The zero-order chi connectivity index (χ0) is 7.56. The van der Waals surface area contributed by atoms with E-state index in [0.717, 1.165) is 12.8 Å². The van der Waals surface area contributed by atoms with Crippen LogP contribution >= 0.6 is 0 Å². The van der Waals surface area contributed by atoms with E-state index in [-0.39, 0.29) is 11.8 Å². The molecule has 0 radical (unpaired) electrons. The van der Waals surface area contributed by atoms with Crippen molar-refractivity contribution < 1.29 is 4.79 Å². The van der Waals surface area contributed by atoms with Gasteiger partial charge in [-0.3, -0.25) is 4.79 Å². The number of hydrogen-bond donors (Lipinski definition) is 0. The molecule has 0 heterocycles. The highest BCUT2D eigenvalue weighted by Crippen LogP contribution is 2.24. The van der Waals surface area contributed by atoms with Gasteiger partial charge < -0.3 is 0 Å². The first-order chi connectivity index (χ1) is 4.74. The van der Waals surface area contributed by atoms with Gasteiger partial charge in [0.25, 0.3) is 0 Å². The fourth-order valence-electron chi connectivity index (χ4n) is 1.30. The molecule has 1 aliphatic carbocycles. The maximum Gasteiger partial charge on any atom is 0.136 e. The van der Waals surface area contributed by atoms with Gasteiger partial charge in [0.2, 0.25) is 0 Å². The van der Waals surface area contributed by atoms with Crippen LogP contribution in [0.1, 0.15) is 26.2 Å². The van der Waals surface area contributed by atoms with Crippen molar-refractivity contribution in [3.63, 3.8) is 0 Å². The van der Waals surface area contributed by atoms with Gasteiger partial charge in [-0.05, 0) is 12.8 Å². The molecule has 0 aromatic carbocycles. The van der Waals surface area contributed by atoms with Crippen LogP contribution in [-0.2, 0) is 4.79 Å². The molecule has 0 amide bonds. The highest BCUT2D eigenvalue weighted by Gasteiger charge is 2.23. The van der Waals surface area contributed by atoms with Crippen molar-refractivity contribution in [2.45, 2.75) is 26.2 Å². The monoisotopic (exact) mass is 136 g/mol. The maximum atomic E-state index is 11.1. The lowest BCUT2D eigenvalue weighted by Gasteiger charge is -2.20. The van der Waals surface area contributed by atoms with Crippen molar-refractivity contribution in [1.82, 2.24) is 0 Å². The summed E-state index contributed by atoms with van der Waals surface area (Å²) in [7, 11) is 0. The number of Topliss-reactive ketones (excluding diaryl/α,β-unsaturated/α-hetero) is 1. The molecule has 1 saturated carbocycles. The summed E-state index contributed by atoms with van der Waals surface area (Å²) < 4.78 is 0. The van der Waals surface area contributed by atoms with Crippen molar-refractivity contribution in [2.75, 3.05) is 0 Å². The first-order valence-electron chi connectivity index (χ1n) is 3.73. The molecule has 10 heavy (non-hydrogen) atoms. The third-order valence-corrected chi connectivity index (χ3v) is 2.18. The summed E-state index contributed by atoms with van der Waals surface area (Å²) in [6.07, 6.45) is 7.83. The molecule has 2 unspecified atom stereocenters. The van der Waals surface area contributed by atoms with Crippen LogP contribution in [0.25, 0.3) is 0 Å². The molecule has 0 aliphatic heterocycles. The molecule has 1 nitrogen and oxygen atoms in total. The second-order valence-electron chi connectivity index (χ2n) is 3.01. The van der Waals surface area contributed by atoms with E-state index < -0.39 is 0 Å². The van der Waals surface area contributed by atoms with Gasteiger partial charge >= 0.3 is 0 Å². The Morgan fingerprint density at radius 3 is 2.80 bits per heavy atom. The molecule has 0 N–H and O–H groups in total. The Morgan fingerprint density at radius 1 is 1.60 bits per heavy atom. The highest BCUT2D eigenvalue weighted by atomic mass is 16.1. The first kappa shape index (κ1) is 7.34. The van der Waals surface area contributed by atoms with Gasteiger partial charge in [-0.2, -0.15) is 0 Å². The van der Waals surface area contributed by atoms with Crippen molar-refractivity contribution in [1.29, 1.82) is 0 Å². The summed E-state index contributed by atoms with van der Waals surface area (Å²) in [5, 5.41) is 0. The van der Waals surface area contributed by atoms with E-state index in [1.165, 1.54) is 0 Å². The molecule has 1 heteroatoms. The summed E-state index contributed by atoms with van der Waals surface area (Å²) in [5.74, 6) is 3.46. The van der Waals surface area contributed by atoms with Crippen LogP contribution in [-0.4, -0.2) is 5.78 Å². The molecule has 1 fully saturated rings. The van der Waals surface area contributed by atoms with Crippen LogP contribution in [0.3, 0.4) is 0 Å². The van der Waals surface area contributed by atoms with Crippen LogP contribution < -0.4 is 0 Å². The molecule has 0 aromatic rings. The van der Waals surface area contributed by atoms with Crippen LogP contribution in [0.15, 0.2) is 0 Å². The molecular weight excluding hydrogens is 124 g/mol. The van der Waals surface area contributed by atoms with Crippen LogP contribution in [0, 0.1) is 24.2 Å². The van der Waals surface area contributed by atoms with E-state index in [2.05, 4.69) is 5.92 Å². The van der Waals surface area contributed by atoms with E-state index in [0.29, 0.717) is 12.2 Å². The second-order valence-corrected chi connectivity index (χ2v) is 3.01. The highest BCUT2D eigenvalue weighted by molar-refractivity contribution is 5.81. The zero-order valence-electron chi connectivity index (χ0n) is 6.26. The molecule has 2 atom stereocenters. The van der Waals surface area contributed by atoms with E-state index in [4.69, 9.17) is 6.42 Å². The van der Waals surface area contributed by atoms with E-state index in [9.17, 15) is 4.79 Å². The Labute approximate surface area is 61.8 Å². The number of terminal acetylenes is 1. The number of rotatable bonds is 0. The van der Waals surface area contributed by atoms with E-state index >= 15 is 0 Å². The lowest BCUT2D eigenvalue weighted by atomic mass is 9.82. The first-order valence-corrected chi connectivity index (χ1v) is 3.73.